The number of aromatic amines is 1. The lowest BCUT2D eigenvalue weighted by molar-refractivity contribution is -0.150. The number of thioether (sulfide) groups is 1. The first-order valence-electron chi connectivity index (χ1n) is 11.9. The fourth-order valence-corrected chi connectivity index (χ4v) is 6.41. The van der Waals surface area contributed by atoms with E-state index in [-0.39, 0.29) is 69.7 Å². The second-order valence-electron chi connectivity index (χ2n) is 8.73. The highest BCUT2D eigenvalue weighted by atomic mass is 32.2. The first kappa shape index (κ1) is 30.5. The molecule has 2 aromatic rings. The van der Waals surface area contributed by atoms with Crippen LogP contribution in [0.15, 0.2) is 31.4 Å². The van der Waals surface area contributed by atoms with E-state index in [9.17, 15) is 33.9 Å². The van der Waals surface area contributed by atoms with Crippen molar-refractivity contribution in [3.8, 4) is 0 Å². The number of anilines is 1. The zero-order valence-corrected chi connectivity index (χ0v) is 24.4. The number of nitrogens with two attached hydrogens (primary N) is 1. The summed E-state index contributed by atoms with van der Waals surface area (Å²) in [6.45, 7) is 1.19. The summed E-state index contributed by atoms with van der Waals surface area (Å²) < 4.78 is 0.992. The number of thiazole rings is 1. The third kappa shape index (κ3) is 6.09. The van der Waals surface area contributed by atoms with Crippen LogP contribution in [0.5, 0.6) is 0 Å². The largest absolute Gasteiger partial charge is 0.477 e. The number of thiocarbonyl (C=S) groups is 1. The van der Waals surface area contributed by atoms with E-state index < -0.39 is 40.3 Å². The molecule has 2 aliphatic heterocycles. The Morgan fingerprint density at radius 3 is 2.69 bits per heavy atom. The number of nitrogens with zero attached hydrogens (tertiary/aromatic N) is 5. The fraction of sp³-hybridized carbons (Fsp3) is 0.364. The van der Waals surface area contributed by atoms with Crippen LogP contribution in [-0.4, -0.2) is 94.8 Å². The van der Waals surface area contributed by atoms with Crippen LogP contribution < -0.4 is 27.5 Å². The number of aliphatic carboxylic acids is 1. The van der Waals surface area contributed by atoms with E-state index in [0.717, 1.165) is 20.8 Å². The van der Waals surface area contributed by atoms with E-state index in [1.54, 1.807) is 0 Å². The minimum absolute atomic E-state index is 0.0125. The summed E-state index contributed by atoms with van der Waals surface area (Å²) >= 11 is 7.74. The number of carbonyl (C=O) groups excluding carboxylic acids is 3. The van der Waals surface area contributed by atoms with Crippen molar-refractivity contribution in [2.75, 3.05) is 25.1 Å². The van der Waals surface area contributed by atoms with Crippen molar-refractivity contribution in [3.05, 3.63) is 48.9 Å². The maximum atomic E-state index is 13.1. The van der Waals surface area contributed by atoms with Gasteiger partial charge in [-0.15, -0.1) is 23.1 Å². The number of carboxylic acids is 1. The fourth-order valence-electron chi connectivity index (χ4n) is 4.19. The number of oxime groups is 1. The molecule has 2 unspecified atom stereocenters. The Bertz CT molecular complexity index is 1660. The maximum absolute atomic E-state index is 13.1. The SMILES string of the molecule is CON=C(C(=O)NC1C(=O)N2C(C(=O)O)=C(CC(=S)c3n[nH]c(=O)c(=O)n3CCNC(C)=O)CSC12)c1csc(N)n1. The van der Waals surface area contributed by atoms with Gasteiger partial charge in [0.05, 0.1) is 4.86 Å². The number of hydrogen-bond donors (Lipinski definition) is 5. The highest BCUT2D eigenvalue weighted by Crippen LogP contribution is 2.41. The summed E-state index contributed by atoms with van der Waals surface area (Å²) in [5.41, 5.74) is 3.57. The van der Waals surface area contributed by atoms with Crippen LogP contribution in [0.4, 0.5) is 5.13 Å². The van der Waals surface area contributed by atoms with Crippen LogP contribution in [0.3, 0.4) is 0 Å². The molecular weight excluding hydrogens is 614 g/mol. The molecular formula is C22H23N9O8S3. The van der Waals surface area contributed by atoms with E-state index in [0.29, 0.717) is 0 Å². The van der Waals surface area contributed by atoms with Crippen molar-refractivity contribution in [2.45, 2.75) is 31.3 Å². The topological polar surface area (TPSA) is 244 Å². The number of carbonyl (C=O) groups is 4. The summed E-state index contributed by atoms with van der Waals surface area (Å²) in [4.78, 5) is 83.7. The number of β-lactam (4-membered cyclic amide) rings is 1. The third-order valence-electron chi connectivity index (χ3n) is 5.99. The third-order valence-corrected chi connectivity index (χ3v) is 8.33. The van der Waals surface area contributed by atoms with Gasteiger partial charge in [0, 0.05) is 37.6 Å². The maximum Gasteiger partial charge on any atom is 0.352 e. The number of rotatable bonds is 11. The van der Waals surface area contributed by atoms with E-state index >= 15 is 0 Å². The number of amides is 3. The molecule has 2 atom stereocenters. The lowest BCUT2D eigenvalue weighted by atomic mass is 10.00. The second kappa shape index (κ2) is 12.6. The highest BCUT2D eigenvalue weighted by Gasteiger charge is 2.54. The number of carboxylic acid groups (broad SMARTS) is 1. The molecule has 17 nitrogen and oxygen atoms in total. The summed E-state index contributed by atoms with van der Waals surface area (Å²) in [6, 6.07) is -1.07. The van der Waals surface area contributed by atoms with E-state index in [1.165, 1.54) is 31.2 Å². The van der Waals surface area contributed by atoms with E-state index in [4.69, 9.17) is 22.8 Å². The predicted molar refractivity (Wildman–Crippen MR) is 154 cm³/mol. The molecule has 0 spiro atoms. The van der Waals surface area contributed by atoms with Crippen LogP contribution in [0.1, 0.15) is 24.9 Å². The van der Waals surface area contributed by atoms with Gasteiger partial charge in [-0.3, -0.25) is 33.4 Å². The molecule has 0 aliphatic carbocycles. The van der Waals surface area contributed by atoms with Gasteiger partial charge in [-0.1, -0.05) is 17.4 Å². The molecule has 4 heterocycles. The minimum Gasteiger partial charge on any atom is -0.477 e. The van der Waals surface area contributed by atoms with Crippen molar-refractivity contribution in [3.63, 3.8) is 0 Å². The lowest BCUT2D eigenvalue weighted by Crippen LogP contribution is -2.71. The quantitative estimate of drug-likeness (QED) is 0.0448. The Balaban J connectivity index is 1.55. The molecule has 2 aromatic heterocycles. The number of nitrogen functional groups attached to an aromatic ring is 1. The standard InChI is InChI=1S/C22H23N9O8S3/c1-8(32)24-3-4-30-15(27-28-17(34)19(30)36)11(40)5-9-6-41-20-13(18(35)31(20)14(9)21(37)38)26-16(33)12(29-39-2)10-7-42-22(23)25-10/h7,13,20H,3-6H2,1-2H3,(H2,23,25)(H,24,32)(H,26,33)(H,28,34)(H,37,38). The lowest BCUT2D eigenvalue weighted by Gasteiger charge is -2.49. The van der Waals surface area contributed by atoms with Crippen LogP contribution in [0.25, 0.3) is 0 Å². The van der Waals surface area contributed by atoms with Gasteiger partial charge in [-0.05, 0) is 5.57 Å². The number of hydrogen-bond acceptors (Lipinski definition) is 14. The summed E-state index contributed by atoms with van der Waals surface area (Å²) in [5.74, 6) is -3.16. The predicted octanol–water partition coefficient (Wildman–Crippen LogP) is -2.00. The zero-order chi connectivity index (χ0) is 30.7. The summed E-state index contributed by atoms with van der Waals surface area (Å²) in [7, 11) is 1.23. The van der Waals surface area contributed by atoms with Gasteiger partial charge < -0.3 is 26.3 Å². The van der Waals surface area contributed by atoms with Crippen LogP contribution in [0, 0.1) is 0 Å². The molecule has 20 heteroatoms. The first-order chi connectivity index (χ1) is 19.9. The Morgan fingerprint density at radius 1 is 1.33 bits per heavy atom. The zero-order valence-electron chi connectivity index (χ0n) is 21.9. The number of nitrogens with one attached hydrogen (secondary N) is 3. The molecule has 0 bridgehead atoms. The van der Waals surface area contributed by atoms with Crippen molar-refractivity contribution in [1.29, 1.82) is 0 Å². The molecule has 6 N–H and O–H groups in total. The number of aromatic nitrogens is 4. The van der Waals surface area contributed by atoms with Crippen LogP contribution in [-0.2, 0) is 30.6 Å². The molecule has 222 valence electrons. The van der Waals surface area contributed by atoms with Gasteiger partial charge >= 0.3 is 17.1 Å². The molecule has 1 saturated heterocycles. The first-order valence-corrected chi connectivity index (χ1v) is 14.3. The van der Waals surface area contributed by atoms with Gasteiger partial charge in [0.15, 0.2) is 16.7 Å². The molecule has 3 amide bonds. The van der Waals surface area contributed by atoms with Crippen LogP contribution in [0.2, 0.25) is 0 Å². The van der Waals surface area contributed by atoms with E-state index in [2.05, 4.69) is 31.0 Å². The minimum atomic E-state index is -1.40. The summed E-state index contributed by atoms with van der Waals surface area (Å²) in [5, 5.41) is 25.6. The summed E-state index contributed by atoms with van der Waals surface area (Å²) in [6.07, 6.45) is -0.175. The van der Waals surface area contributed by atoms with Gasteiger partial charge in [-0.2, -0.15) is 5.10 Å². The van der Waals surface area contributed by atoms with E-state index in [1.807, 2.05) is 0 Å². The van der Waals surface area contributed by atoms with Crippen molar-refractivity contribution < 1.29 is 29.1 Å². The van der Waals surface area contributed by atoms with Gasteiger partial charge in [-0.25, -0.2) is 14.9 Å². The highest BCUT2D eigenvalue weighted by molar-refractivity contribution is 8.00. The van der Waals surface area contributed by atoms with Gasteiger partial charge in [0.2, 0.25) is 5.91 Å². The van der Waals surface area contributed by atoms with Crippen molar-refractivity contribution in [2.24, 2.45) is 5.16 Å². The Morgan fingerprint density at radius 2 is 2.07 bits per heavy atom. The molecule has 0 saturated carbocycles. The second-order valence-corrected chi connectivity index (χ2v) is 11.2. The van der Waals surface area contributed by atoms with Gasteiger partial charge in [0.1, 0.15) is 29.9 Å². The Kier molecular flexibility index (Phi) is 9.17. The molecule has 0 radical (unpaired) electrons. The Hall–Kier alpha value is -4.43. The molecule has 4 rings (SSSR count). The normalized spacial score (nSPS) is 18.2. The number of fused-ring (bicyclic) bond motifs is 1. The molecule has 1 fully saturated rings. The average Bonchev–Trinajstić information content (AvgIpc) is 3.37. The number of H-pyrrole nitrogens is 1. The molecule has 2 aliphatic rings. The average molecular weight is 638 g/mol. The van der Waals surface area contributed by atoms with Crippen LogP contribution >= 0.6 is 35.3 Å². The Labute approximate surface area is 249 Å². The molecule has 0 aromatic carbocycles. The smallest absolute Gasteiger partial charge is 0.352 e. The van der Waals surface area contributed by atoms with Gasteiger partial charge in [0.25, 0.3) is 11.8 Å². The monoisotopic (exact) mass is 637 g/mol. The van der Waals surface area contributed by atoms with Crippen molar-refractivity contribution in [1.82, 2.24) is 35.3 Å². The van der Waals surface area contributed by atoms with Crippen molar-refractivity contribution >= 4 is 74.7 Å². The molecule has 42 heavy (non-hydrogen) atoms.